The van der Waals surface area contributed by atoms with E-state index in [0.717, 1.165) is 12.8 Å². The number of halogens is 2. The zero-order valence-electron chi connectivity index (χ0n) is 28.5. The Bertz CT molecular complexity index is 2050. The van der Waals surface area contributed by atoms with Crippen LogP contribution in [0.1, 0.15) is 53.1 Å². The molecule has 0 N–H and O–H groups in total. The van der Waals surface area contributed by atoms with Gasteiger partial charge in [-0.1, -0.05) is 103 Å². The molecule has 0 nitrogen and oxygen atoms in total. The molecule has 1 aliphatic carbocycles. The van der Waals surface area contributed by atoms with Crippen molar-refractivity contribution in [3.05, 3.63) is 215 Å². The summed E-state index contributed by atoms with van der Waals surface area (Å²) in [7, 11) is 0. The van der Waals surface area contributed by atoms with E-state index in [1.165, 1.54) is 87.9 Å². The van der Waals surface area contributed by atoms with Gasteiger partial charge in [0.25, 0.3) is 0 Å². The summed E-state index contributed by atoms with van der Waals surface area (Å²) in [5.41, 5.74) is 9.23. The molecule has 0 radical (unpaired) electrons. The van der Waals surface area contributed by atoms with E-state index < -0.39 is 0 Å². The monoisotopic (exact) mass is 764 g/mol. The van der Waals surface area contributed by atoms with Crippen molar-refractivity contribution in [3.63, 3.8) is 0 Å². The first-order valence-electron chi connectivity index (χ1n) is 16.9. The van der Waals surface area contributed by atoms with Crippen molar-refractivity contribution in [2.75, 3.05) is 0 Å². The van der Waals surface area contributed by atoms with E-state index >= 15 is 0 Å². The maximum absolute atomic E-state index is 3.53. The summed E-state index contributed by atoms with van der Waals surface area (Å²) in [6.07, 6.45) is 10.1. The normalized spacial score (nSPS) is 12.8. The van der Waals surface area contributed by atoms with Gasteiger partial charge in [-0.3, -0.25) is 0 Å². The first-order chi connectivity index (χ1) is 23.6. The second-order valence-electron chi connectivity index (χ2n) is 12.0. The summed E-state index contributed by atoms with van der Waals surface area (Å²) < 4.78 is 1.42. The zero-order chi connectivity index (χ0) is 33.1. The number of aryl methyl sites for hydroxylation is 2. The molecular weight excluding hydrogens is 727 g/mol. The van der Waals surface area contributed by atoms with Gasteiger partial charge in [-0.15, -0.1) is 63.5 Å². The fourth-order valence-electron chi connectivity index (χ4n) is 6.05. The molecular formula is C47H40Cl2Zr-2. The van der Waals surface area contributed by atoms with E-state index in [2.05, 4.69) is 184 Å². The molecule has 0 aromatic heterocycles. The second kappa shape index (κ2) is 19.4. The van der Waals surface area contributed by atoms with Crippen molar-refractivity contribution in [1.29, 1.82) is 0 Å². The van der Waals surface area contributed by atoms with Gasteiger partial charge in [0.2, 0.25) is 0 Å². The molecule has 0 amide bonds. The number of rotatable bonds is 6. The van der Waals surface area contributed by atoms with Crippen LogP contribution in [-0.4, -0.2) is 3.21 Å². The predicted molar refractivity (Wildman–Crippen MR) is 203 cm³/mol. The van der Waals surface area contributed by atoms with E-state index in [0.29, 0.717) is 5.92 Å². The molecule has 0 saturated carbocycles. The van der Waals surface area contributed by atoms with Gasteiger partial charge >= 0.3 is 99.2 Å². The van der Waals surface area contributed by atoms with Crippen LogP contribution in [0.2, 0.25) is 0 Å². The molecule has 0 bridgehead atoms. The Morgan fingerprint density at radius 1 is 0.580 bits per heavy atom. The zero-order valence-corrected chi connectivity index (χ0v) is 32.5. The Morgan fingerprint density at radius 3 is 1.48 bits per heavy atom. The van der Waals surface area contributed by atoms with Crippen LogP contribution >= 0.6 is 0 Å². The summed E-state index contributed by atoms with van der Waals surface area (Å²) in [6.45, 7) is 4.41. The van der Waals surface area contributed by atoms with Crippen LogP contribution in [0.15, 0.2) is 176 Å². The molecule has 1 atom stereocenters. The molecule has 0 saturated heterocycles. The number of allylic oxidation sites excluding steroid dienone is 4. The average Bonchev–Trinajstić information content (AvgIpc) is 3.81. The summed E-state index contributed by atoms with van der Waals surface area (Å²) >= 11 is 1.46. The van der Waals surface area contributed by atoms with E-state index in [4.69, 9.17) is 0 Å². The second-order valence-corrected chi connectivity index (χ2v) is 13.2. The van der Waals surface area contributed by atoms with E-state index in [1.807, 2.05) is 12.1 Å². The van der Waals surface area contributed by atoms with Crippen LogP contribution < -0.4 is 24.8 Å². The summed E-state index contributed by atoms with van der Waals surface area (Å²) in [6, 6.07) is 58.0. The Labute approximate surface area is 325 Å². The van der Waals surface area contributed by atoms with Crippen molar-refractivity contribution >= 4 is 30.3 Å². The molecule has 50 heavy (non-hydrogen) atoms. The van der Waals surface area contributed by atoms with Gasteiger partial charge in [-0.2, -0.15) is 17.7 Å². The standard InChI is InChI=1S/C17H17.C17H13.C13H10.2ClH.Zr/c1-3-12-5-7-16-14(9-12)11-15-10-13(4-2)6-8-17(15)16;1-3-7-14(8-4-1)16-11-12-17(13-16)15-9-5-2-6-10-15;1-3-7-12(8-4-1)11-13-9-5-2-6-10-13;;;/h5-11H,3-4H2,1-2H3;1-12,16H;1-10H;2*1H;/q2*-1;;;;+2/p-2. The summed E-state index contributed by atoms with van der Waals surface area (Å²) in [5.74, 6) is 0.298. The molecule has 8 rings (SSSR count). The van der Waals surface area contributed by atoms with E-state index in [-0.39, 0.29) is 24.8 Å². The first kappa shape index (κ1) is 38.8. The number of hydrogen-bond acceptors (Lipinski definition) is 0. The van der Waals surface area contributed by atoms with Gasteiger partial charge in [0.05, 0.1) is 0 Å². The van der Waals surface area contributed by atoms with Gasteiger partial charge in [0, 0.05) is 0 Å². The van der Waals surface area contributed by atoms with Crippen LogP contribution in [0.3, 0.4) is 0 Å². The number of benzene rings is 6. The molecule has 0 aliphatic heterocycles. The first-order valence-corrected chi connectivity index (χ1v) is 18.1. The van der Waals surface area contributed by atoms with Crippen molar-refractivity contribution in [2.24, 2.45) is 0 Å². The molecule has 7 aromatic carbocycles. The van der Waals surface area contributed by atoms with Crippen LogP contribution in [0.5, 0.6) is 0 Å². The topological polar surface area (TPSA) is 0 Å². The van der Waals surface area contributed by atoms with Crippen LogP contribution in [0, 0.1) is 6.08 Å². The molecule has 0 spiro atoms. The van der Waals surface area contributed by atoms with E-state index in [9.17, 15) is 0 Å². The Kier molecular flexibility index (Phi) is 15.1. The van der Waals surface area contributed by atoms with Gasteiger partial charge in [0.1, 0.15) is 0 Å². The Morgan fingerprint density at radius 2 is 1.02 bits per heavy atom. The SMILES string of the molecule is CCc1ccc2c(c1)[cH-]c1cc(CC)ccc12.[C-]1=C(c2ccccc2)C=CC1c1ccccc1.[Cl-].[Cl-].[Zr+2]=[C](c1ccccc1)c1ccccc1. The number of hydrogen-bond donors (Lipinski definition) is 0. The van der Waals surface area contributed by atoms with Gasteiger partial charge in [-0.05, 0) is 18.8 Å². The third-order valence-electron chi connectivity index (χ3n) is 8.78. The quantitative estimate of drug-likeness (QED) is 0.186. The summed E-state index contributed by atoms with van der Waals surface area (Å²) in [4.78, 5) is 0. The van der Waals surface area contributed by atoms with Gasteiger partial charge in [0.15, 0.2) is 0 Å². The molecule has 1 aliphatic rings. The van der Waals surface area contributed by atoms with Crippen molar-refractivity contribution in [1.82, 2.24) is 0 Å². The minimum absolute atomic E-state index is 0. The number of fused-ring (bicyclic) bond motifs is 3. The third kappa shape index (κ3) is 9.83. The molecule has 1 unspecified atom stereocenters. The third-order valence-corrected chi connectivity index (χ3v) is 10.2. The minimum atomic E-state index is 0. The molecule has 248 valence electrons. The predicted octanol–water partition coefficient (Wildman–Crippen LogP) is 5.87. The fraction of sp³-hybridized carbons (Fsp3) is 0.106. The fourth-order valence-corrected chi connectivity index (χ4v) is 6.87. The van der Waals surface area contributed by atoms with Crippen molar-refractivity contribution in [2.45, 2.75) is 32.6 Å². The van der Waals surface area contributed by atoms with Crippen molar-refractivity contribution in [3.8, 4) is 0 Å². The van der Waals surface area contributed by atoms with Gasteiger partial charge in [-0.25, -0.2) is 0 Å². The maximum atomic E-state index is 3.53. The molecule has 3 heteroatoms. The van der Waals surface area contributed by atoms with Crippen LogP contribution in [-0.2, 0) is 37.1 Å². The Balaban J connectivity index is 0.000000166. The van der Waals surface area contributed by atoms with E-state index in [1.54, 1.807) is 0 Å². The molecule has 0 fully saturated rings. The molecule has 7 aromatic rings. The average molecular weight is 767 g/mol. The van der Waals surface area contributed by atoms with Crippen LogP contribution in [0.4, 0.5) is 0 Å². The summed E-state index contributed by atoms with van der Waals surface area (Å²) in [5, 5.41) is 5.54. The Hall–Kier alpha value is -4.00. The van der Waals surface area contributed by atoms with Gasteiger partial charge < -0.3 is 24.8 Å². The van der Waals surface area contributed by atoms with Crippen molar-refractivity contribution < 1.29 is 49.0 Å². The van der Waals surface area contributed by atoms with Crippen LogP contribution in [0.25, 0.3) is 27.1 Å². The molecule has 0 heterocycles.